The van der Waals surface area contributed by atoms with Gasteiger partial charge in [-0.3, -0.25) is 4.98 Å². The lowest BCUT2D eigenvalue weighted by Crippen LogP contribution is -2.02. The fourth-order valence-corrected chi connectivity index (χ4v) is 2.02. The summed E-state index contributed by atoms with van der Waals surface area (Å²) in [6.45, 7) is 1.91. The topological polar surface area (TPSA) is 59.4 Å². The summed E-state index contributed by atoms with van der Waals surface area (Å²) in [5.41, 5.74) is 2.61. The molecule has 4 heteroatoms. The largest absolute Gasteiger partial charge is 0.490 e. The molecule has 1 aliphatic carbocycles. The summed E-state index contributed by atoms with van der Waals surface area (Å²) in [6.07, 6.45) is 2.37. The fraction of sp³-hybridized carbons (Fsp3) is 0.250. The van der Waals surface area contributed by atoms with Crippen LogP contribution in [0.5, 0.6) is 5.75 Å². The molecule has 1 saturated carbocycles. The maximum atomic E-state index is 11.1. The number of aromatic carboxylic acids is 1. The van der Waals surface area contributed by atoms with Crippen LogP contribution >= 0.6 is 0 Å². The van der Waals surface area contributed by atoms with Crippen LogP contribution < -0.4 is 4.74 Å². The van der Waals surface area contributed by atoms with E-state index in [1.165, 1.54) is 0 Å². The van der Waals surface area contributed by atoms with E-state index in [0.29, 0.717) is 5.75 Å². The van der Waals surface area contributed by atoms with Crippen LogP contribution in [0.25, 0.3) is 11.3 Å². The van der Waals surface area contributed by atoms with Gasteiger partial charge in [-0.1, -0.05) is 6.07 Å². The molecule has 0 radical (unpaired) electrons. The number of rotatable bonds is 4. The molecule has 0 atom stereocenters. The van der Waals surface area contributed by atoms with Gasteiger partial charge in [-0.2, -0.15) is 0 Å². The van der Waals surface area contributed by atoms with Crippen molar-refractivity contribution in [3.8, 4) is 17.0 Å². The van der Waals surface area contributed by atoms with Gasteiger partial charge in [0.2, 0.25) is 0 Å². The van der Waals surface area contributed by atoms with E-state index in [0.717, 1.165) is 29.8 Å². The van der Waals surface area contributed by atoms with Gasteiger partial charge in [0, 0.05) is 11.3 Å². The van der Waals surface area contributed by atoms with Gasteiger partial charge in [0.05, 0.1) is 17.4 Å². The van der Waals surface area contributed by atoms with E-state index in [-0.39, 0.29) is 11.7 Å². The molecule has 0 bridgehead atoms. The normalized spacial score (nSPS) is 14.1. The Morgan fingerprint density at radius 1 is 1.30 bits per heavy atom. The maximum absolute atomic E-state index is 11.1. The molecule has 1 aliphatic rings. The summed E-state index contributed by atoms with van der Waals surface area (Å²) in [6, 6.07) is 10.6. The second kappa shape index (κ2) is 4.96. The second-order valence-corrected chi connectivity index (χ2v) is 5.00. The van der Waals surface area contributed by atoms with Crippen molar-refractivity contribution in [2.45, 2.75) is 25.9 Å². The molecule has 0 saturated heterocycles. The van der Waals surface area contributed by atoms with Gasteiger partial charge in [-0.15, -0.1) is 0 Å². The summed E-state index contributed by atoms with van der Waals surface area (Å²) < 4.78 is 5.85. The Balaban J connectivity index is 2.08. The Morgan fingerprint density at radius 3 is 2.75 bits per heavy atom. The third-order valence-electron chi connectivity index (χ3n) is 3.21. The van der Waals surface area contributed by atoms with Gasteiger partial charge in [-0.05, 0) is 50.1 Å². The Labute approximate surface area is 117 Å². The van der Waals surface area contributed by atoms with Crippen molar-refractivity contribution in [1.82, 2.24) is 4.98 Å². The summed E-state index contributed by atoms with van der Waals surface area (Å²) >= 11 is 0. The van der Waals surface area contributed by atoms with E-state index in [2.05, 4.69) is 4.98 Å². The zero-order chi connectivity index (χ0) is 14.1. The minimum absolute atomic E-state index is 0.242. The van der Waals surface area contributed by atoms with E-state index in [1.807, 2.05) is 25.1 Å². The molecule has 0 aliphatic heterocycles. The molecule has 3 rings (SSSR count). The van der Waals surface area contributed by atoms with Gasteiger partial charge in [0.1, 0.15) is 5.75 Å². The first kappa shape index (κ1) is 12.7. The van der Waals surface area contributed by atoms with Crippen LogP contribution in [0.3, 0.4) is 0 Å². The van der Waals surface area contributed by atoms with Gasteiger partial charge in [-0.25, -0.2) is 4.79 Å². The lowest BCUT2D eigenvalue weighted by atomic mass is 10.1. The number of hydrogen-bond acceptors (Lipinski definition) is 3. The van der Waals surface area contributed by atoms with Crippen LogP contribution in [-0.4, -0.2) is 22.2 Å². The smallest absolute Gasteiger partial charge is 0.335 e. The van der Waals surface area contributed by atoms with Crippen molar-refractivity contribution in [3.63, 3.8) is 0 Å². The number of carboxylic acid groups (broad SMARTS) is 1. The lowest BCUT2D eigenvalue weighted by molar-refractivity contribution is 0.0697. The van der Waals surface area contributed by atoms with Crippen LogP contribution in [-0.2, 0) is 0 Å². The number of benzene rings is 1. The number of ether oxygens (including phenoxy) is 1. The summed E-state index contributed by atoms with van der Waals surface area (Å²) in [7, 11) is 0. The predicted octanol–water partition coefficient (Wildman–Crippen LogP) is 3.30. The molecule has 1 aromatic heterocycles. The first-order chi connectivity index (χ1) is 9.63. The minimum Gasteiger partial charge on any atom is -0.490 e. The zero-order valence-corrected chi connectivity index (χ0v) is 11.2. The van der Waals surface area contributed by atoms with E-state index in [9.17, 15) is 4.79 Å². The zero-order valence-electron chi connectivity index (χ0n) is 11.2. The van der Waals surface area contributed by atoms with Gasteiger partial charge < -0.3 is 9.84 Å². The standard InChI is InChI=1S/C16H15NO3/c1-10-3-2-4-14(17-10)13-9-11(16(18)19)5-8-15(13)20-12-6-7-12/h2-5,8-9,12H,6-7H2,1H3,(H,18,19). The van der Waals surface area contributed by atoms with Crippen molar-refractivity contribution >= 4 is 5.97 Å². The molecule has 2 aromatic rings. The highest BCUT2D eigenvalue weighted by Crippen LogP contribution is 2.34. The van der Waals surface area contributed by atoms with Crippen molar-refractivity contribution in [2.75, 3.05) is 0 Å². The Morgan fingerprint density at radius 2 is 2.10 bits per heavy atom. The number of hydrogen-bond donors (Lipinski definition) is 1. The number of aromatic nitrogens is 1. The van der Waals surface area contributed by atoms with E-state index in [1.54, 1.807) is 18.2 Å². The molecule has 0 spiro atoms. The van der Waals surface area contributed by atoms with Gasteiger partial charge in [0.25, 0.3) is 0 Å². The van der Waals surface area contributed by atoms with Crippen LogP contribution in [0.4, 0.5) is 0 Å². The maximum Gasteiger partial charge on any atom is 0.335 e. The van der Waals surface area contributed by atoms with Crippen LogP contribution in [0.15, 0.2) is 36.4 Å². The Bertz CT molecular complexity index is 663. The minimum atomic E-state index is -0.947. The summed E-state index contributed by atoms with van der Waals surface area (Å²) in [5, 5.41) is 9.13. The van der Waals surface area contributed by atoms with Gasteiger partial charge >= 0.3 is 5.97 Å². The highest BCUT2D eigenvalue weighted by molar-refractivity contribution is 5.90. The van der Waals surface area contributed by atoms with Crippen molar-refractivity contribution in [1.29, 1.82) is 0 Å². The molecule has 1 heterocycles. The third-order valence-corrected chi connectivity index (χ3v) is 3.21. The molecule has 1 N–H and O–H groups in total. The van der Waals surface area contributed by atoms with Crippen LogP contribution in [0, 0.1) is 6.92 Å². The number of aryl methyl sites for hydroxylation is 1. The third kappa shape index (κ3) is 2.64. The monoisotopic (exact) mass is 269 g/mol. The molecule has 0 unspecified atom stereocenters. The molecule has 4 nitrogen and oxygen atoms in total. The molecular formula is C16H15NO3. The number of carbonyl (C=O) groups is 1. The summed E-state index contributed by atoms with van der Waals surface area (Å²) in [4.78, 5) is 15.6. The number of nitrogens with zero attached hydrogens (tertiary/aromatic N) is 1. The van der Waals surface area contributed by atoms with E-state index in [4.69, 9.17) is 9.84 Å². The first-order valence-corrected chi connectivity index (χ1v) is 6.61. The molecule has 1 fully saturated rings. The second-order valence-electron chi connectivity index (χ2n) is 5.00. The average molecular weight is 269 g/mol. The molecule has 102 valence electrons. The average Bonchev–Trinajstić information content (AvgIpc) is 3.23. The predicted molar refractivity (Wildman–Crippen MR) is 75.0 cm³/mol. The highest BCUT2D eigenvalue weighted by atomic mass is 16.5. The SMILES string of the molecule is Cc1cccc(-c2cc(C(=O)O)ccc2OC2CC2)n1. The van der Waals surface area contributed by atoms with Gasteiger partial charge in [0.15, 0.2) is 0 Å². The van der Waals surface area contributed by atoms with Crippen LogP contribution in [0.1, 0.15) is 28.9 Å². The first-order valence-electron chi connectivity index (χ1n) is 6.61. The molecule has 1 aromatic carbocycles. The van der Waals surface area contributed by atoms with E-state index < -0.39 is 5.97 Å². The Kier molecular flexibility index (Phi) is 3.14. The fourth-order valence-electron chi connectivity index (χ4n) is 2.02. The quantitative estimate of drug-likeness (QED) is 0.925. The molecule has 20 heavy (non-hydrogen) atoms. The van der Waals surface area contributed by atoms with Crippen molar-refractivity contribution in [3.05, 3.63) is 47.7 Å². The highest BCUT2D eigenvalue weighted by Gasteiger charge is 2.25. The van der Waals surface area contributed by atoms with Crippen molar-refractivity contribution in [2.24, 2.45) is 0 Å². The lowest BCUT2D eigenvalue weighted by Gasteiger charge is -2.12. The Hall–Kier alpha value is -2.36. The molecule has 0 amide bonds. The van der Waals surface area contributed by atoms with E-state index >= 15 is 0 Å². The van der Waals surface area contributed by atoms with Crippen molar-refractivity contribution < 1.29 is 14.6 Å². The molecular weight excluding hydrogens is 254 g/mol. The number of carboxylic acids is 1. The number of pyridine rings is 1. The summed E-state index contributed by atoms with van der Waals surface area (Å²) in [5.74, 6) is -0.243. The van der Waals surface area contributed by atoms with Crippen LogP contribution in [0.2, 0.25) is 0 Å².